The molecule has 0 aliphatic heterocycles. The van der Waals surface area contributed by atoms with E-state index in [1.807, 2.05) is 23.9 Å². The highest BCUT2D eigenvalue weighted by atomic mass is 35.5. The molecule has 2 aliphatic carbocycles. The molecule has 0 bridgehead atoms. The summed E-state index contributed by atoms with van der Waals surface area (Å²) < 4.78 is 0. The molecule has 1 aromatic carbocycles. The molecule has 2 saturated carbocycles. The number of halogens is 1. The highest BCUT2D eigenvalue weighted by molar-refractivity contribution is 8.00. The summed E-state index contributed by atoms with van der Waals surface area (Å²) in [5.41, 5.74) is 7.04. The van der Waals surface area contributed by atoms with E-state index in [-0.39, 0.29) is 24.4 Å². The van der Waals surface area contributed by atoms with E-state index in [0.29, 0.717) is 17.6 Å². The number of hydrogen-bond acceptors (Lipinski definition) is 3. The molecule has 0 aromatic heterocycles. The Labute approximate surface area is 149 Å². The van der Waals surface area contributed by atoms with Gasteiger partial charge in [-0.3, -0.25) is 4.79 Å². The molecule has 1 aromatic rings. The average Bonchev–Trinajstić information content (AvgIpc) is 3.14. The van der Waals surface area contributed by atoms with Crippen molar-refractivity contribution >= 4 is 35.8 Å². The molecular formula is C18H27ClN2OS. The van der Waals surface area contributed by atoms with Gasteiger partial charge in [-0.25, -0.2) is 0 Å². The molecule has 2 fully saturated rings. The van der Waals surface area contributed by atoms with E-state index in [4.69, 9.17) is 5.73 Å². The van der Waals surface area contributed by atoms with E-state index in [1.54, 1.807) is 0 Å². The third-order valence-electron chi connectivity index (χ3n) is 4.92. The predicted molar refractivity (Wildman–Crippen MR) is 100 cm³/mol. The number of para-hydroxylation sites is 1. The number of nitrogens with two attached hydrogens (primary N) is 1. The first-order valence-corrected chi connectivity index (χ1v) is 9.41. The first-order chi connectivity index (χ1) is 10.7. The highest BCUT2D eigenvalue weighted by Gasteiger charge is 2.26. The minimum atomic E-state index is 0. The van der Waals surface area contributed by atoms with Crippen LogP contribution in [0.25, 0.3) is 0 Å². The SMILES string of the molecule is Cl.N[C@@H]1CCC[C@H]1CC(=O)Nc1ccccc1SC1CCCC1. The molecule has 0 unspecified atom stereocenters. The van der Waals surface area contributed by atoms with Crippen molar-refractivity contribution in [2.45, 2.75) is 67.6 Å². The Morgan fingerprint density at radius 2 is 1.87 bits per heavy atom. The van der Waals surface area contributed by atoms with Crippen molar-refractivity contribution < 1.29 is 4.79 Å². The second-order valence-corrected chi connectivity index (χ2v) is 7.97. The molecule has 0 saturated heterocycles. The van der Waals surface area contributed by atoms with Crippen LogP contribution in [-0.4, -0.2) is 17.2 Å². The van der Waals surface area contributed by atoms with Gasteiger partial charge in [0.1, 0.15) is 0 Å². The second kappa shape index (κ2) is 8.95. The third kappa shape index (κ3) is 5.13. The summed E-state index contributed by atoms with van der Waals surface area (Å²) in [5.74, 6) is 0.469. The summed E-state index contributed by atoms with van der Waals surface area (Å²) in [5, 5.41) is 3.83. The number of amides is 1. The number of thioether (sulfide) groups is 1. The molecule has 3 nitrogen and oxygen atoms in total. The minimum Gasteiger partial charge on any atom is -0.327 e. The largest absolute Gasteiger partial charge is 0.327 e. The fraction of sp³-hybridized carbons (Fsp3) is 0.611. The summed E-state index contributed by atoms with van der Waals surface area (Å²) in [4.78, 5) is 13.5. The van der Waals surface area contributed by atoms with Crippen LogP contribution in [0, 0.1) is 5.92 Å². The Morgan fingerprint density at radius 3 is 2.57 bits per heavy atom. The molecule has 5 heteroatoms. The number of anilines is 1. The van der Waals surface area contributed by atoms with Crippen molar-refractivity contribution in [1.29, 1.82) is 0 Å². The minimum absolute atomic E-state index is 0. The lowest BCUT2D eigenvalue weighted by atomic mass is 10.00. The normalized spacial score (nSPS) is 24.4. The summed E-state index contributed by atoms with van der Waals surface area (Å²) in [7, 11) is 0. The quantitative estimate of drug-likeness (QED) is 0.812. The van der Waals surface area contributed by atoms with E-state index < -0.39 is 0 Å². The maximum atomic E-state index is 12.3. The van der Waals surface area contributed by atoms with E-state index >= 15 is 0 Å². The number of benzene rings is 1. The average molecular weight is 355 g/mol. The van der Waals surface area contributed by atoms with Gasteiger partial charge >= 0.3 is 0 Å². The zero-order chi connectivity index (χ0) is 15.4. The molecule has 0 spiro atoms. The summed E-state index contributed by atoms with van der Waals surface area (Å²) in [6, 6.07) is 8.40. The number of carbonyl (C=O) groups is 1. The first kappa shape index (κ1) is 18.6. The van der Waals surface area contributed by atoms with Crippen LogP contribution < -0.4 is 11.1 Å². The van der Waals surface area contributed by atoms with Crippen molar-refractivity contribution in [2.75, 3.05) is 5.32 Å². The first-order valence-electron chi connectivity index (χ1n) is 8.53. The van der Waals surface area contributed by atoms with Crippen LogP contribution in [0.3, 0.4) is 0 Å². The van der Waals surface area contributed by atoms with Gasteiger partial charge in [-0.1, -0.05) is 31.4 Å². The predicted octanol–water partition coefficient (Wildman–Crippen LogP) is 4.60. The van der Waals surface area contributed by atoms with E-state index in [2.05, 4.69) is 17.4 Å². The number of nitrogens with one attached hydrogen (secondary N) is 1. The van der Waals surface area contributed by atoms with Crippen LogP contribution in [0.2, 0.25) is 0 Å². The van der Waals surface area contributed by atoms with Gasteiger partial charge in [0.2, 0.25) is 5.91 Å². The lowest BCUT2D eigenvalue weighted by Gasteiger charge is -2.17. The molecule has 23 heavy (non-hydrogen) atoms. The van der Waals surface area contributed by atoms with Gasteiger partial charge in [0.25, 0.3) is 0 Å². The molecule has 3 N–H and O–H groups in total. The number of rotatable bonds is 5. The van der Waals surface area contributed by atoms with Crippen molar-refractivity contribution in [2.24, 2.45) is 11.7 Å². The Hall–Kier alpha value is -0.710. The van der Waals surface area contributed by atoms with Gasteiger partial charge in [0, 0.05) is 22.6 Å². The highest BCUT2D eigenvalue weighted by Crippen LogP contribution is 2.38. The summed E-state index contributed by atoms with van der Waals surface area (Å²) in [6.07, 6.45) is 9.14. The van der Waals surface area contributed by atoms with Gasteiger partial charge in [-0.15, -0.1) is 24.2 Å². The van der Waals surface area contributed by atoms with Crippen LogP contribution in [-0.2, 0) is 4.79 Å². The van der Waals surface area contributed by atoms with Crippen molar-refractivity contribution in [3.05, 3.63) is 24.3 Å². The van der Waals surface area contributed by atoms with E-state index in [0.717, 1.165) is 24.9 Å². The maximum Gasteiger partial charge on any atom is 0.224 e. The van der Waals surface area contributed by atoms with Crippen molar-refractivity contribution in [1.82, 2.24) is 0 Å². The lowest BCUT2D eigenvalue weighted by Crippen LogP contribution is -2.28. The maximum absolute atomic E-state index is 12.3. The zero-order valence-electron chi connectivity index (χ0n) is 13.5. The molecule has 0 heterocycles. The van der Waals surface area contributed by atoms with Crippen molar-refractivity contribution in [3.63, 3.8) is 0 Å². The van der Waals surface area contributed by atoms with E-state index in [9.17, 15) is 4.79 Å². The topological polar surface area (TPSA) is 55.1 Å². The standard InChI is InChI=1S/C18H26N2OS.ClH/c19-15-9-5-6-13(15)12-18(21)20-16-10-3-4-11-17(16)22-14-7-1-2-8-14;/h3-4,10-11,13-15H,1-2,5-9,12,19H2,(H,20,21);1H/t13-,15+;/m0./s1. The van der Waals surface area contributed by atoms with Crippen LogP contribution in [0.15, 0.2) is 29.2 Å². The van der Waals surface area contributed by atoms with Gasteiger partial charge in [-0.2, -0.15) is 0 Å². The summed E-state index contributed by atoms with van der Waals surface area (Å²) in [6.45, 7) is 0. The zero-order valence-corrected chi connectivity index (χ0v) is 15.1. The van der Waals surface area contributed by atoms with Crippen LogP contribution in [0.4, 0.5) is 5.69 Å². The van der Waals surface area contributed by atoms with Crippen LogP contribution in [0.1, 0.15) is 51.4 Å². The second-order valence-electron chi connectivity index (χ2n) is 6.63. The van der Waals surface area contributed by atoms with Gasteiger partial charge in [-0.05, 0) is 43.7 Å². The molecular weight excluding hydrogens is 328 g/mol. The van der Waals surface area contributed by atoms with E-state index in [1.165, 1.54) is 30.6 Å². The molecule has 0 radical (unpaired) electrons. The molecule has 128 valence electrons. The summed E-state index contributed by atoms with van der Waals surface area (Å²) >= 11 is 1.92. The Bertz CT molecular complexity index is 519. The molecule has 3 rings (SSSR count). The molecule has 2 aliphatic rings. The number of carbonyl (C=O) groups excluding carboxylic acids is 1. The van der Waals surface area contributed by atoms with Crippen molar-refractivity contribution in [3.8, 4) is 0 Å². The fourth-order valence-electron chi connectivity index (χ4n) is 3.62. The van der Waals surface area contributed by atoms with Gasteiger partial charge in [0.15, 0.2) is 0 Å². The fourth-order valence-corrected chi connectivity index (χ4v) is 4.95. The van der Waals surface area contributed by atoms with Crippen LogP contribution in [0.5, 0.6) is 0 Å². The third-order valence-corrected chi connectivity index (χ3v) is 6.34. The smallest absolute Gasteiger partial charge is 0.224 e. The molecule has 1 amide bonds. The van der Waals surface area contributed by atoms with Gasteiger partial charge < -0.3 is 11.1 Å². The Kier molecular flexibility index (Phi) is 7.25. The Morgan fingerprint density at radius 1 is 1.13 bits per heavy atom. The Balaban J connectivity index is 0.00000192. The number of hydrogen-bond donors (Lipinski definition) is 2. The molecule has 2 atom stereocenters. The van der Waals surface area contributed by atoms with Crippen LogP contribution >= 0.6 is 24.2 Å². The lowest BCUT2D eigenvalue weighted by molar-refractivity contribution is -0.117. The van der Waals surface area contributed by atoms with Gasteiger partial charge in [0.05, 0.1) is 5.69 Å². The monoisotopic (exact) mass is 354 g/mol.